The van der Waals surface area contributed by atoms with Crippen molar-refractivity contribution in [3.05, 3.63) is 76.6 Å². The van der Waals surface area contributed by atoms with Gasteiger partial charge in [-0.3, -0.25) is 9.69 Å². The van der Waals surface area contributed by atoms with E-state index in [1.807, 2.05) is 4.90 Å². The number of hydrogen-bond donors (Lipinski definition) is 1. The first-order valence-electron chi connectivity index (χ1n) is 16.0. The topological polar surface area (TPSA) is 108 Å². The van der Waals surface area contributed by atoms with Gasteiger partial charge in [-0.1, -0.05) is 6.92 Å². The fourth-order valence-corrected chi connectivity index (χ4v) is 6.17. The van der Waals surface area contributed by atoms with Crippen LogP contribution in [0.5, 0.6) is 0 Å². The Hall–Kier alpha value is -4.81. The number of aromatic nitrogens is 2. The minimum absolute atomic E-state index is 0.0338. The van der Waals surface area contributed by atoms with E-state index in [0.717, 1.165) is 17.0 Å². The first-order valence-corrected chi connectivity index (χ1v) is 16.0. The zero-order valence-electron chi connectivity index (χ0n) is 27.4. The molecule has 3 heterocycles. The van der Waals surface area contributed by atoms with Crippen molar-refractivity contribution in [1.29, 1.82) is 0 Å². The van der Waals surface area contributed by atoms with E-state index < -0.39 is 84.5 Å². The lowest BCUT2D eigenvalue weighted by atomic mass is 9.87. The Morgan fingerprint density at radius 2 is 1.50 bits per heavy atom. The second-order valence-electron chi connectivity index (χ2n) is 12.1. The molecule has 0 bridgehead atoms. The second-order valence-corrected chi connectivity index (χ2v) is 12.1. The van der Waals surface area contributed by atoms with Crippen LogP contribution in [-0.4, -0.2) is 66.1 Å². The monoisotopic (exact) mass is 749 g/mol. The number of halogens is 9. The van der Waals surface area contributed by atoms with E-state index in [9.17, 15) is 49.1 Å². The Morgan fingerprint density at radius 3 is 2.04 bits per heavy atom. The predicted molar refractivity (Wildman–Crippen MR) is 167 cm³/mol. The van der Waals surface area contributed by atoms with Gasteiger partial charge < -0.3 is 24.4 Å². The maximum Gasteiger partial charge on any atom is 0.416 e. The minimum atomic E-state index is -5.18. The van der Waals surface area contributed by atoms with Gasteiger partial charge in [0.2, 0.25) is 5.95 Å². The molecule has 0 radical (unpaired) electrons. The average Bonchev–Trinajstić information content (AvgIpc) is 3.08. The van der Waals surface area contributed by atoms with E-state index in [2.05, 4.69) is 9.97 Å². The number of ether oxygens (including phenoxy) is 2. The molecule has 10 nitrogen and oxygen atoms in total. The third-order valence-electron chi connectivity index (χ3n) is 8.68. The molecule has 2 atom stereocenters. The number of carbonyl (C=O) groups is 2. The number of alkyl halides is 9. The number of carbonyl (C=O) groups excluding carboxylic acids is 1. The SMILES string of the molecule is CC[C@@H]1C[C@H](N(Cc2cc(C(F)(F)F)cc(C(F)(F)F)c2)c2ncc(N3CCOCC3)cn2)c2cc(C(F)(F)F)ccc2N1C(=O)OCCC(=O)O. The number of anilines is 3. The quantitative estimate of drug-likeness (QED) is 0.220. The standard InChI is InChI=1S/C33H32F9N5O5/c1-2-23-15-27(25-14-20(31(34,35)36)3-4-26(25)47(23)30(50)52-8-5-28(48)49)46(29-43-16-24(17-44-29)45-6-9-51-10-7-45)18-19-11-21(32(37,38)39)13-22(12-19)33(40,41)42/h3-4,11-14,16-17,23,27H,2,5-10,15,18H2,1H3,(H,48,49)/t23-,27+/m1/s1. The third-order valence-corrected chi connectivity index (χ3v) is 8.68. The molecule has 5 rings (SSSR count). The summed E-state index contributed by atoms with van der Waals surface area (Å²) < 4.78 is 136. The Balaban J connectivity index is 1.67. The zero-order valence-corrected chi connectivity index (χ0v) is 27.4. The molecule has 3 aromatic rings. The Bertz CT molecular complexity index is 1710. The van der Waals surface area contributed by atoms with Crippen molar-refractivity contribution >= 4 is 29.4 Å². The molecule has 1 N–H and O–H groups in total. The van der Waals surface area contributed by atoms with Crippen LogP contribution in [0.25, 0.3) is 0 Å². The maximum atomic E-state index is 14.1. The van der Waals surface area contributed by atoms with Crippen molar-refractivity contribution in [2.24, 2.45) is 0 Å². The van der Waals surface area contributed by atoms with Crippen LogP contribution in [0.15, 0.2) is 48.8 Å². The molecular formula is C33H32F9N5O5. The summed E-state index contributed by atoms with van der Waals surface area (Å²) in [5, 5.41) is 8.98. The van der Waals surface area contributed by atoms with Crippen molar-refractivity contribution in [3.8, 4) is 0 Å². The summed E-state index contributed by atoms with van der Waals surface area (Å²) in [5.41, 5.74) is -4.55. The van der Waals surface area contributed by atoms with Crippen LogP contribution < -0.4 is 14.7 Å². The van der Waals surface area contributed by atoms with E-state index in [1.165, 1.54) is 17.3 Å². The van der Waals surface area contributed by atoms with Gasteiger partial charge >= 0.3 is 30.6 Å². The molecule has 0 aliphatic carbocycles. The van der Waals surface area contributed by atoms with Gasteiger partial charge in [-0.25, -0.2) is 14.8 Å². The van der Waals surface area contributed by atoms with E-state index in [1.54, 1.807) is 6.92 Å². The van der Waals surface area contributed by atoms with Gasteiger partial charge in [-0.15, -0.1) is 0 Å². The molecule has 282 valence electrons. The first kappa shape index (κ1) is 38.4. The lowest BCUT2D eigenvalue weighted by molar-refractivity contribution is -0.143. The number of nitrogens with zero attached hydrogens (tertiary/aromatic N) is 5. The molecule has 52 heavy (non-hydrogen) atoms. The molecule has 0 saturated carbocycles. The molecule has 0 spiro atoms. The average molecular weight is 750 g/mol. The largest absolute Gasteiger partial charge is 0.481 e. The van der Waals surface area contributed by atoms with Crippen LogP contribution in [-0.2, 0) is 39.3 Å². The van der Waals surface area contributed by atoms with Crippen molar-refractivity contribution in [2.45, 2.75) is 63.3 Å². The normalized spacial score (nSPS) is 18.2. The van der Waals surface area contributed by atoms with Gasteiger partial charge in [0, 0.05) is 25.7 Å². The second kappa shape index (κ2) is 15.0. The van der Waals surface area contributed by atoms with E-state index in [0.29, 0.717) is 50.2 Å². The van der Waals surface area contributed by atoms with Gasteiger partial charge in [-0.2, -0.15) is 39.5 Å². The number of carboxylic acids is 1. The molecule has 2 aliphatic heterocycles. The lowest BCUT2D eigenvalue weighted by Crippen LogP contribution is -2.48. The van der Waals surface area contributed by atoms with E-state index in [-0.39, 0.29) is 36.1 Å². The number of fused-ring (bicyclic) bond motifs is 1. The van der Waals surface area contributed by atoms with Crippen LogP contribution in [0.4, 0.5) is 61.6 Å². The first-order chi connectivity index (χ1) is 24.4. The highest BCUT2D eigenvalue weighted by Gasteiger charge is 2.43. The lowest BCUT2D eigenvalue weighted by Gasteiger charge is -2.44. The molecule has 1 fully saturated rings. The maximum absolute atomic E-state index is 14.1. The molecule has 1 saturated heterocycles. The van der Waals surface area contributed by atoms with Gasteiger partial charge in [0.15, 0.2) is 0 Å². The predicted octanol–water partition coefficient (Wildman–Crippen LogP) is 7.72. The number of hydrogen-bond acceptors (Lipinski definition) is 8. The smallest absolute Gasteiger partial charge is 0.416 e. The van der Waals surface area contributed by atoms with Gasteiger partial charge in [0.05, 0.1) is 66.1 Å². The van der Waals surface area contributed by atoms with Crippen molar-refractivity contribution in [2.75, 3.05) is 47.6 Å². The number of benzene rings is 2. The van der Waals surface area contributed by atoms with Crippen LogP contribution in [0.1, 0.15) is 60.0 Å². The molecule has 1 aromatic heterocycles. The summed E-state index contributed by atoms with van der Waals surface area (Å²) in [6.45, 7) is 2.14. The summed E-state index contributed by atoms with van der Waals surface area (Å²) in [5.74, 6) is -1.49. The fraction of sp³-hybridized carbons (Fsp3) is 0.455. The third kappa shape index (κ3) is 8.79. The highest BCUT2D eigenvalue weighted by Crippen LogP contribution is 2.46. The van der Waals surface area contributed by atoms with Crippen molar-refractivity contribution in [1.82, 2.24) is 9.97 Å². The fourth-order valence-electron chi connectivity index (χ4n) is 6.17. The number of amides is 1. The summed E-state index contributed by atoms with van der Waals surface area (Å²) in [6, 6.07) is 1.40. The van der Waals surface area contributed by atoms with Gasteiger partial charge in [0.1, 0.15) is 6.61 Å². The highest BCUT2D eigenvalue weighted by atomic mass is 19.4. The van der Waals surface area contributed by atoms with Gasteiger partial charge in [-0.05, 0) is 60.4 Å². The van der Waals surface area contributed by atoms with Crippen LogP contribution >= 0.6 is 0 Å². The highest BCUT2D eigenvalue weighted by molar-refractivity contribution is 5.90. The molecule has 0 unspecified atom stereocenters. The number of aliphatic carboxylic acids is 1. The van der Waals surface area contributed by atoms with Crippen molar-refractivity contribution < 1.29 is 63.7 Å². The molecular weight excluding hydrogens is 717 g/mol. The number of morpholine rings is 1. The summed E-state index contributed by atoms with van der Waals surface area (Å²) in [7, 11) is 0. The molecule has 19 heteroatoms. The van der Waals surface area contributed by atoms with E-state index >= 15 is 0 Å². The van der Waals surface area contributed by atoms with Crippen molar-refractivity contribution in [3.63, 3.8) is 0 Å². The van der Waals surface area contributed by atoms with Crippen LogP contribution in [0.2, 0.25) is 0 Å². The molecule has 2 aliphatic rings. The summed E-state index contributed by atoms with van der Waals surface area (Å²) in [4.78, 5) is 37.2. The summed E-state index contributed by atoms with van der Waals surface area (Å²) >= 11 is 0. The molecule has 2 aromatic carbocycles. The Labute approximate surface area is 290 Å². The number of carboxylic acid groups (broad SMARTS) is 1. The van der Waals surface area contributed by atoms with Crippen LogP contribution in [0, 0.1) is 0 Å². The minimum Gasteiger partial charge on any atom is -0.481 e. The van der Waals surface area contributed by atoms with Gasteiger partial charge in [0.25, 0.3) is 0 Å². The zero-order chi connectivity index (χ0) is 38.0. The van der Waals surface area contributed by atoms with Crippen LogP contribution in [0.3, 0.4) is 0 Å². The molecule has 1 amide bonds. The number of rotatable bonds is 9. The van der Waals surface area contributed by atoms with E-state index in [4.69, 9.17) is 14.6 Å². The Kier molecular flexibility index (Phi) is 11.1. The Morgan fingerprint density at radius 1 is 0.904 bits per heavy atom. The summed E-state index contributed by atoms with van der Waals surface area (Å²) in [6.07, 6.45) is -14.1.